The molecule has 4 aromatic rings. The van der Waals surface area contributed by atoms with E-state index in [0.29, 0.717) is 18.3 Å². The molecule has 4 aromatic carbocycles. The quantitative estimate of drug-likeness (QED) is 0.159. The first kappa shape index (κ1) is 22.8. The molecule has 0 bridgehead atoms. The minimum absolute atomic E-state index is 0.0190. The molecule has 0 aliphatic carbocycles. The van der Waals surface area contributed by atoms with Gasteiger partial charge in [0.25, 0.3) is 0 Å². The molecule has 0 saturated heterocycles. The fourth-order valence-electron chi connectivity index (χ4n) is 4.00. The van der Waals surface area contributed by atoms with Gasteiger partial charge in [-0.05, 0) is 63.2 Å². The van der Waals surface area contributed by atoms with Crippen LogP contribution in [0, 0.1) is 0 Å². The van der Waals surface area contributed by atoms with Crippen LogP contribution in [0.15, 0.2) is 78.9 Å². The summed E-state index contributed by atoms with van der Waals surface area (Å²) in [6, 6.07) is 26.8. The fourth-order valence-corrected chi connectivity index (χ4v) is 4.00. The molecular weight excluding hydrogens is 412 g/mol. The minimum atomic E-state index is -0.721. The lowest BCUT2D eigenvalue weighted by Gasteiger charge is -2.21. The van der Waals surface area contributed by atoms with Crippen molar-refractivity contribution in [1.29, 1.82) is 0 Å². The van der Waals surface area contributed by atoms with E-state index in [4.69, 9.17) is 14.2 Å². The zero-order chi connectivity index (χ0) is 23.2. The lowest BCUT2D eigenvalue weighted by atomic mass is 9.97. The molecule has 4 heteroatoms. The monoisotopic (exact) mass is 442 g/mol. The molecule has 0 spiro atoms. The van der Waals surface area contributed by atoms with Crippen molar-refractivity contribution in [3.8, 4) is 5.75 Å². The topological polar surface area (TPSA) is 44.8 Å². The van der Waals surface area contributed by atoms with Crippen LogP contribution in [0.4, 0.5) is 0 Å². The maximum absolute atomic E-state index is 11.4. The first-order chi connectivity index (χ1) is 16.0. The smallest absolute Gasteiger partial charge is 0.302 e. The summed E-state index contributed by atoms with van der Waals surface area (Å²) in [6.07, 6.45) is 0.360. The SMILES string of the molecule is CCC(C)c1ccc(OC(COC(C)=O)OCc2c3ccccc3cc3ccccc23)cc1. The molecular formula is C29H30O4. The van der Waals surface area contributed by atoms with Crippen molar-refractivity contribution in [2.24, 2.45) is 0 Å². The van der Waals surface area contributed by atoms with E-state index in [1.807, 2.05) is 36.4 Å². The summed E-state index contributed by atoms with van der Waals surface area (Å²) in [7, 11) is 0. The van der Waals surface area contributed by atoms with E-state index >= 15 is 0 Å². The van der Waals surface area contributed by atoms with Gasteiger partial charge in [0, 0.05) is 6.92 Å². The predicted octanol–water partition coefficient (Wildman–Crippen LogP) is 6.99. The molecule has 170 valence electrons. The van der Waals surface area contributed by atoms with Crippen molar-refractivity contribution >= 4 is 27.5 Å². The summed E-state index contributed by atoms with van der Waals surface area (Å²) in [5, 5.41) is 4.60. The highest BCUT2D eigenvalue weighted by Crippen LogP contribution is 2.30. The molecule has 0 amide bonds. The van der Waals surface area contributed by atoms with E-state index in [1.54, 1.807) is 0 Å². The average Bonchev–Trinajstić information content (AvgIpc) is 2.84. The molecule has 0 N–H and O–H groups in total. The molecule has 0 aromatic heterocycles. The summed E-state index contributed by atoms with van der Waals surface area (Å²) >= 11 is 0. The van der Waals surface area contributed by atoms with Gasteiger partial charge in [0.1, 0.15) is 5.75 Å². The lowest BCUT2D eigenvalue weighted by molar-refractivity contribution is -0.160. The van der Waals surface area contributed by atoms with Crippen molar-refractivity contribution in [3.05, 3.63) is 90.0 Å². The van der Waals surface area contributed by atoms with Crippen molar-refractivity contribution in [3.63, 3.8) is 0 Å². The molecule has 2 unspecified atom stereocenters. The highest BCUT2D eigenvalue weighted by molar-refractivity contribution is 6.02. The molecule has 0 heterocycles. The Morgan fingerprint density at radius 1 is 0.879 bits per heavy atom. The van der Waals surface area contributed by atoms with Gasteiger partial charge in [-0.25, -0.2) is 0 Å². The Bertz CT molecular complexity index is 1180. The van der Waals surface area contributed by atoms with Crippen LogP contribution in [0.3, 0.4) is 0 Å². The second-order valence-corrected chi connectivity index (χ2v) is 8.34. The predicted molar refractivity (Wildman–Crippen MR) is 132 cm³/mol. The van der Waals surface area contributed by atoms with Crippen LogP contribution in [0.5, 0.6) is 5.75 Å². The summed E-state index contributed by atoms with van der Waals surface area (Å²) in [6.45, 7) is 6.12. The van der Waals surface area contributed by atoms with E-state index in [9.17, 15) is 4.79 Å². The Balaban J connectivity index is 1.58. The standard InChI is InChI=1S/C29H30O4/c1-4-20(2)22-13-15-25(16-14-22)33-29(19-31-21(3)30)32-18-28-26-11-7-5-9-23(26)17-24-10-6-8-12-27(24)28/h5-17,20,29H,4,18-19H2,1-3H3. The van der Waals surface area contributed by atoms with Crippen molar-refractivity contribution in [2.75, 3.05) is 6.61 Å². The number of carbonyl (C=O) groups excluding carboxylic acids is 1. The van der Waals surface area contributed by atoms with Crippen LogP contribution in [0.2, 0.25) is 0 Å². The molecule has 4 nitrogen and oxygen atoms in total. The number of fused-ring (bicyclic) bond motifs is 2. The Morgan fingerprint density at radius 2 is 1.48 bits per heavy atom. The Labute approximate surface area is 195 Å². The Hall–Kier alpha value is -3.37. The maximum Gasteiger partial charge on any atom is 0.302 e. The van der Waals surface area contributed by atoms with Crippen molar-refractivity contribution < 1.29 is 19.0 Å². The van der Waals surface area contributed by atoms with Crippen LogP contribution < -0.4 is 4.74 Å². The van der Waals surface area contributed by atoms with Gasteiger partial charge in [-0.2, -0.15) is 0 Å². The van der Waals surface area contributed by atoms with E-state index in [0.717, 1.165) is 33.5 Å². The fraction of sp³-hybridized carbons (Fsp3) is 0.276. The third kappa shape index (κ3) is 5.52. The van der Waals surface area contributed by atoms with E-state index in [-0.39, 0.29) is 12.6 Å². The van der Waals surface area contributed by atoms with Gasteiger partial charge in [0.15, 0.2) is 6.61 Å². The van der Waals surface area contributed by atoms with E-state index in [2.05, 4.69) is 56.3 Å². The Kier molecular flexibility index (Phi) is 7.26. The molecule has 33 heavy (non-hydrogen) atoms. The van der Waals surface area contributed by atoms with E-state index in [1.165, 1.54) is 12.5 Å². The van der Waals surface area contributed by atoms with Gasteiger partial charge < -0.3 is 14.2 Å². The molecule has 0 aliphatic heterocycles. The van der Waals surface area contributed by atoms with Crippen LogP contribution >= 0.6 is 0 Å². The number of hydrogen-bond acceptors (Lipinski definition) is 4. The molecule has 0 radical (unpaired) electrons. The average molecular weight is 443 g/mol. The maximum atomic E-state index is 11.4. The van der Waals surface area contributed by atoms with Gasteiger partial charge in [0.2, 0.25) is 6.29 Å². The molecule has 2 atom stereocenters. The van der Waals surface area contributed by atoms with Crippen LogP contribution in [0.25, 0.3) is 21.5 Å². The second kappa shape index (κ2) is 10.5. The molecule has 0 saturated carbocycles. The van der Waals surface area contributed by atoms with Crippen LogP contribution in [-0.4, -0.2) is 18.9 Å². The largest absolute Gasteiger partial charge is 0.461 e. The number of benzene rings is 4. The lowest BCUT2D eigenvalue weighted by Crippen LogP contribution is -2.27. The number of carbonyl (C=O) groups is 1. The van der Waals surface area contributed by atoms with Gasteiger partial charge in [-0.3, -0.25) is 4.79 Å². The third-order valence-electron chi connectivity index (χ3n) is 6.05. The number of hydrogen-bond donors (Lipinski definition) is 0. The third-order valence-corrected chi connectivity index (χ3v) is 6.05. The highest BCUT2D eigenvalue weighted by Gasteiger charge is 2.16. The van der Waals surface area contributed by atoms with Crippen molar-refractivity contribution in [1.82, 2.24) is 0 Å². The van der Waals surface area contributed by atoms with Crippen molar-refractivity contribution in [2.45, 2.75) is 46.0 Å². The number of rotatable bonds is 9. The first-order valence-corrected chi connectivity index (χ1v) is 11.5. The van der Waals surface area contributed by atoms with Crippen LogP contribution in [-0.2, 0) is 20.9 Å². The summed E-state index contributed by atoms with van der Waals surface area (Å²) in [5.74, 6) is 0.809. The number of esters is 1. The zero-order valence-corrected chi connectivity index (χ0v) is 19.4. The zero-order valence-electron chi connectivity index (χ0n) is 19.4. The molecule has 0 aliphatic rings. The summed E-state index contributed by atoms with van der Waals surface area (Å²) < 4.78 is 17.5. The Morgan fingerprint density at radius 3 is 2.06 bits per heavy atom. The first-order valence-electron chi connectivity index (χ1n) is 11.5. The summed E-state index contributed by atoms with van der Waals surface area (Å²) in [4.78, 5) is 11.4. The summed E-state index contributed by atoms with van der Waals surface area (Å²) in [5.41, 5.74) is 2.36. The second-order valence-electron chi connectivity index (χ2n) is 8.34. The normalized spacial score (nSPS) is 13.1. The van der Waals surface area contributed by atoms with Gasteiger partial charge >= 0.3 is 5.97 Å². The highest BCUT2D eigenvalue weighted by atomic mass is 16.7. The van der Waals surface area contributed by atoms with E-state index < -0.39 is 6.29 Å². The molecule has 4 rings (SSSR count). The van der Waals surface area contributed by atoms with Crippen LogP contribution in [0.1, 0.15) is 44.2 Å². The molecule has 0 fully saturated rings. The van der Waals surface area contributed by atoms with Gasteiger partial charge in [-0.1, -0.05) is 74.5 Å². The minimum Gasteiger partial charge on any atom is -0.461 e. The van der Waals surface area contributed by atoms with Gasteiger partial charge in [0.05, 0.1) is 6.61 Å². The number of ether oxygens (including phenoxy) is 3. The van der Waals surface area contributed by atoms with Gasteiger partial charge in [-0.15, -0.1) is 0 Å².